The van der Waals surface area contributed by atoms with Crippen LogP contribution in [0.4, 0.5) is 5.69 Å². The Morgan fingerprint density at radius 1 is 1.09 bits per heavy atom. The Hall–Kier alpha value is -1.81. The van der Waals surface area contributed by atoms with Gasteiger partial charge in [0, 0.05) is 0 Å². The van der Waals surface area contributed by atoms with E-state index in [-0.39, 0.29) is 0 Å². The highest BCUT2D eigenvalue weighted by atomic mass is 32.2. The van der Waals surface area contributed by atoms with E-state index in [0.717, 1.165) is 23.1 Å². The van der Waals surface area contributed by atoms with E-state index in [2.05, 4.69) is 18.6 Å². The van der Waals surface area contributed by atoms with E-state index in [9.17, 15) is 8.42 Å². The van der Waals surface area contributed by atoms with Gasteiger partial charge in [0.15, 0.2) is 0 Å². The predicted octanol–water partition coefficient (Wildman–Crippen LogP) is 4.62. The number of hydrogen-bond donors (Lipinski definition) is 1. The molecular formula is C18H23NO2S. The van der Waals surface area contributed by atoms with Crippen molar-refractivity contribution in [1.29, 1.82) is 0 Å². The number of aryl methyl sites for hydroxylation is 2. The van der Waals surface area contributed by atoms with Crippen molar-refractivity contribution in [3.63, 3.8) is 0 Å². The van der Waals surface area contributed by atoms with Gasteiger partial charge in [-0.3, -0.25) is 4.72 Å². The molecule has 118 valence electrons. The smallest absolute Gasteiger partial charge is 0.262 e. The molecule has 3 nitrogen and oxygen atoms in total. The molecule has 1 N–H and O–H groups in total. The summed E-state index contributed by atoms with van der Waals surface area (Å²) in [7, 11) is -3.58. The van der Waals surface area contributed by atoms with Gasteiger partial charge in [-0.05, 0) is 55.0 Å². The summed E-state index contributed by atoms with van der Waals surface area (Å²) in [6, 6.07) is 13.1. The molecule has 0 fully saturated rings. The molecule has 2 rings (SSSR count). The molecule has 2 aromatic carbocycles. The molecule has 1 atom stereocenters. The third kappa shape index (κ3) is 3.50. The average molecular weight is 317 g/mol. The fraction of sp³-hybridized carbons (Fsp3) is 0.333. The van der Waals surface area contributed by atoms with Gasteiger partial charge >= 0.3 is 0 Å². The predicted molar refractivity (Wildman–Crippen MR) is 91.9 cm³/mol. The van der Waals surface area contributed by atoms with Gasteiger partial charge in [0.05, 0.1) is 10.6 Å². The lowest BCUT2D eigenvalue weighted by Crippen LogP contribution is -2.16. The number of sulfonamides is 1. The second-order valence-corrected chi connectivity index (χ2v) is 7.42. The molecule has 0 saturated carbocycles. The second-order valence-electron chi connectivity index (χ2n) is 5.77. The molecule has 0 saturated heterocycles. The zero-order valence-electron chi connectivity index (χ0n) is 13.6. The van der Waals surface area contributed by atoms with Crippen LogP contribution in [-0.2, 0) is 10.0 Å². The average Bonchev–Trinajstić information content (AvgIpc) is 2.49. The van der Waals surface area contributed by atoms with Crippen molar-refractivity contribution in [2.24, 2.45) is 0 Å². The van der Waals surface area contributed by atoms with Crippen LogP contribution in [0, 0.1) is 13.8 Å². The Kier molecular flexibility index (Phi) is 4.91. The Bertz CT molecular complexity index is 766. The standard InChI is InChI=1S/C18H23NO2S/c1-5-14(3)16-8-6-7-9-17(16)19-22(20,21)18-12-13(2)10-11-15(18)4/h6-12,14,19H,5H2,1-4H3/t14-/m0/s1. The summed E-state index contributed by atoms with van der Waals surface area (Å²) in [4.78, 5) is 0.339. The molecule has 0 heterocycles. The highest BCUT2D eigenvalue weighted by Gasteiger charge is 2.19. The van der Waals surface area contributed by atoms with Crippen molar-refractivity contribution in [3.8, 4) is 0 Å². The molecule has 22 heavy (non-hydrogen) atoms. The molecule has 0 bridgehead atoms. The van der Waals surface area contributed by atoms with Crippen LogP contribution in [0.15, 0.2) is 47.4 Å². The van der Waals surface area contributed by atoms with Gasteiger partial charge in [-0.15, -0.1) is 0 Å². The van der Waals surface area contributed by atoms with E-state index >= 15 is 0 Å². The minimum absolute atomic E-state index is 0.303. The number of nitrogens with one attached hydrogen (secondary N) is 1. The molecule has 0 aliphatic carbocycles. The van der Waals surface area contributed by atoms with Crippen molar-refractivity contribution in [3.05, 3.63) is 59.2 Å². The summed E-state index contributed by atoms with van der Waals surface area (Å²) in [5.41, 5.74) is 3.37. The first-order valence-electron chi connectivity index (χ1n) is 7.54. The molecule has 2 aromatic rings. The topological polar surface area (TPSA) is 46.2 Å². The molecule has 0 spiro atoms. The zero-order valence-corrected chi connectivity index (χ0v) is 14.4. The number of anilines is 1. The number of hydrogen-bond acceptors (Lipinski definition) is 2. The van der Waals surface area contributed by atoms with Crippen molar-refractivity contribution in [1.82, 2.24) is 0 Å². The summed E-state index contributed by atoms with van der Waals surface area (Å²) in [6.07, 6.45) is 0.961. The van der Waals surface area contributed by atoms with E-state index in [0.29, 0.717) is 16.5 Å². The van der Waals surface area contributed by atoms with Crippen LogP contribution in [0.1, 0.15) is 42.9 Å². The molecule has 0 amide bonds. The van der Waals surface area contributed by atoms with E-state index < -0.39 is 10.0 Å². The molecule has 4 heteroatoms. The fourth-order valence-electron chi connectivity index (χ4n) is 2.44. The Labute approximate surface area is 133 Å². The quantitative estimate of drug-likeness (QED) is 0.874. The van der Waals surface area contributed by atoms with Crippen LogP contribution in [-0.4, -0.2) is 8.42 Å². The highest BCUT2D eigenvalue weighted by molar-refractivity contribution is 7.92. The maximum Gasteiger partial charge on any atom is 0.262 e. The summed E-state index contributed by atoms with van der Waals surface area (Å²) in [6.45, 7) is 7.91. The van der Waals surface area contributed by atoms with E-state index in [1.807, 2.05) is 50.2 Å². The van der Waals surface area contributed by atoms with Crippen LogP contribution in [0.5, 0.6) is 0 Å². The molecular weight excluding hydrogens is 294 g/mol. The van der Waals surface area contributed by atoms with Crippen molar-refractivity contribution in [2.45, 2.75) is 44.9 Å². The van der Waals surface area contributed by atoms with Gasteiger partial charge in [-0.25, -0.2) is 8.42 Å². The summed E-state index contributed by atoms with van der Waals surface area (Å²) in [5.74, 6) is 0.303. The fourth-order valence-corrected chi connectivity index (χ4v) is 3.85. The first-order valence-corrected chi connectivity index (χ1v) is 9.02. The minimum Gasteiger partial charge on any atom is -0.279 e. The zero-order chi connectivity index (χ0) is 16.3. The van der Waals surface area contributed by atoms with E-state index in [1.54, 1.807) is 6.07 Å². The lowest BCUT2D eigenvalue weighted by atomic mass is 9.97. The third-order valence-electron chi connectivity index (χ3n) is 3.98. The molecule has 0 radical (unpaired) electrons. The number of para-hydroxylation sites is 1. The van der Waals surface area contributed by atoms with Crippen molar-refractivity contribution in [2.75, 3.05) is 4.72 Å². The van der Waals surface area contributed by atoms with E-state index in [1.165, 1.54) is 0 Å². The summed E-state index contributed by atoms with van der Waals surface area (Å²) >= 11 is 0. The van der Waals surface area contributed by atoms with Gasteiger partial charge in [-0.2, -0.15) is 0 Å². The SMILES string of the molecule is CC[C@H](C)c1ccccc1NS(=O)(=O)c1cc(C)ccc1C. The Morgan fingerprint density at radius 3 is 2.45 bits per heavy atom. The van der Waals surface area contributed by atoms with Gasteiger partial charge in [0.25, 0.3) is 10.0 Å². The van der Waals surface area contributed by atoms with Crippen LogP contribution >= 0.6 is 0 Å². The number of rotatable bonds is 5. The largest absolute Gasteiger partial charge is 0.279 e. The molecule has 0 unspecified atom stereocenters. The monoisotopic (exact) mass is 317 g/mol. The van der Waals surface area contributed by atoms with Crippen LogP contribution in [0.3, 0.4) is 0 Å². The van der Waals surface area contributed by atoms with Gasteiger partial charge < -0.3 is 0 Å². The first-order chi connectivity index (χ1) is 10.3. The molecule has 0 aliphatic rings. The Balaban J connectivity index is 2.44. The molecule has 0 aromatic heterocycles. The van der Waals surface area contributed by atoms with Gasteiger partial charge in [-0.1, -0.05) is 44.2 Å². The van der Waals surface area contributed by atoms with Gasteiger partial charge in [0.2, 0.25) is 0 Å². The van der Waals surface area contributed by atoms with Crippen LogP contribution < -0.4 is 4.72 Å². The van der Waals surface area contributed by atoms with Crippen molar-refractivity contribution >= 4 is 15.7 Å². The normalized spacial score (nSPS) is 12.9. The number of benzene rings is 2. The first kappa shape index (κ1) is 16.6. The van der Waals surface area contributed by atoms with Crippen LogP contribution in [0.2, 0.25) is 0 Å². The third-order valence-corrected chi connectivity index (χ3v) is 5.49. The summed E-state index contributed by atoms with van der Waals surface area (Å²) < 4.78 is 28.2. The lowest BCUT2D eigenvalue weighted by molar-refractivity contribution is 0.600. The van der Waals surface area contributed by atoms with E-state index in [4.69, 9.17) is 0 Å². The second kappa shape index (κ2) is 6.53. The highest BCUT2D eigenvalue weighted by Crippen LogP contribution is 2.29. The van der Waals surface area contributed by atoms with Crippen molar-refractivity contribution < 1.29 is 8.42 Å². The maximum absolute atomic E-state index is 12.7. The molecule has 0 aliphatic heterocycles. The Morgan fingerprint density at radius 2 is 1.77 bits per heavy atom. The van der Waals surface area contributed by atoms with Gasteiger partial charge in [0.1, 0.15) is 0 Å². The van der Waals surface area contributed by atoms with Crippen LogP contribution in [0.25, 0.3) is 0 Å². The minimum atomic E-state index is -3.58. The summed E-state index contributed by atoms with van der Waals surface area (Å²) in [5, 5.41) is 0. The maximum atomic E-state index is 12.7. The lowest BCUT2D eigenvalue weighted by Gasteiger charge is -2.17.